The van der Waals surface area contributed by atoms with Gasteiger partial charge < -0.3 is 15.2 Å². The van der Waals surface area contributed by atoms with Gasteiger partial charge in [0.2, 0.25) is 10.0 Å². The molecule has 1 aromatic carbocycles. The molecule has 2 rings (SSSR count). The lowest BCUT2D eigenvalue weighted by Gasteiger charge is -2.29. The molecule has 0 atom stereocenters. The fraction of sp³-hybridized carbons (Fsp3) is 0.538. The van der Waals surface area contributed by atoms with Gasteiger partial charge in [0.1, 0.15) is 16.4 Å². The van der Waals surface area contributed by atoms with E-state index in [0.29, 0.717) is 36.2 Å². The molecule has 0 bridgehead atoms. The molecule has 126 valence electrons. The Morgan fingerprint density at radius 3 is 2.23 bits per heavy atom. The zero-order valence-electron chi connectivity index (χ0n) is 12.4. The second kappa shape index (κ2) is 7.83. The second-order valence-electron chi connectivity index (χ2n) is 4.88. The van der Waals surface area contributed by atoms with E-state index in [4.69, 9.17) is 15.2 Å². The highest BCUT2D eigenvalue weighted by atomic mass is 79.9. The van der Waals surface area contributed by atoms with Crippen molar-refractivity contribution in [3.05, 3.63) is 16.6 Å². The maximum Gasteiger partial charge on any atom is 0.246 e. The average Bonchev–Trinajstić information content (AvgIpc) is 2.47. The van der Waals surface area contributed by atoms with Gasteiger partial charge in [0.25, 0.3) is 0 Å². The maximum absolute atomic E-state index is 12.8. The van der Waals surface area contributed by atoms with E-state index in [-0.39, 0.29) is 29.1 Å². The minimum atomic E-state index is -3.63. The number of piperidine rings is 1. The first kappa shape index (κ1) is 19.5. The lowest BCUT2D eigenvalue weighted by Crippen LogP contribution is -2.42. The molecular weight excluding hydrogens is 396 g/mol. The highest BCUT2D eigenvalue weighted by Gasteiger charge is 2.31. The van der Waals surface area contributed by atoms with Gasteiger partial charge in [-0.05, 0) is 34.8 Å². The van der Waals surface area contributed by atoms with Crippen LogP contribution in [0.4, 0.5) is 0 Å². The molecule has 9 heteroatoms. The van der Waals surface area contributed by atoms with E-state index in [1.165, 1.54) is 24.6 Å². The van der Waals surface area contributed by atoms with Crippen LogP contribution in [0.2, 0.25) is 0 Å². The summed E-state index contributed by atoms with van der Waals surface area (Å²) in [5.41, 5.74) is 5.83. The van der Waals surface area contributed by atoms with Crippen LogP contribution in [0.25, 0.3) is 0 Å². The Morgan fingerprint density at radius 1 is 1.18 bits per heavy atom. The summed E-state index contributed by atoms with van der Waals surface area (Å²) < 4.78 is 38.0. The van der Waals surface area contributed by atoms with Crippen molar-refractivity contribution in [2.24, 2.45) is 5.73 Å². The number of nitrogens with zero attached hydrogens (tertiary/aromatic N) is 1. The molecular formula is C13H20BrClN2O4S. The van der Waals surface area contributed by atoms with Gasteiger partial charge in [0.05, 0.1) is 18.7 Å². The van der Waals surface area contributed by atoms with Gasteiger partial charge in [-0.2, -0.15) is 4.31 Å². The van der Waals surface area contributed by atoms with Crippen LogP contribution in [0, 0.1) is 0 Å². The molecule has 1 aliphatic heterocycles. The van der Waals surface area contributed by atoms with Crippen molar-refractivity contribution in [2.75, 3.05) is 27.3 Å². The summed E-state index contributed by atoms with van der Waals surface area (Å²) in [6, 6.07) is 3.14. The van der Waals surface area contributed by atoms with Crippen molar-refractivity contribution < 1.29 is 17.9 Å². The third kappa shape index (κ3) is 3.86. The number of halogens is 2. The second-order valence-corrected chi connectivity index (χ2v) is 7.64. The van der Waals surface area contributed by atoms with Crippen LogP contribution >= 0.6 is 28.3 Å². The predicted molar refractivity (Wildman–Crippen MR) is 90.5 cm³/mol. The minimum Gasteiger partial charge on any atom is -0.496 e. The Labute approximate surface area is 145 Å². The fourth-order valence-corrected chi connectivity index (χ4v) is 4.40. The quantitative estimate of drug-likeness (QED) is 0.813. The van der Waals surface area contributed by atoms with Crippen LogP contribution in [0.3, 0.4) is 0 Å². The molecule has 0 spiro atoms. The van der Waals surface area contributed by atoms with E-state index in [2.05, 4.69) is 15.9 Å². The molecule has 6 nitrogen and oxygen atoms in total. The van der Waals surface area contributed by atoms with E-state index in [1.807, 2.05) is 0 Å². The van der Waals surface area contributed by atoms with Gasteiger partial charge in [-0.3, -0.25) is 0 Å². The number of rotatable bonds is 4. The Morgan fingerprint density at radius 2 is 1.73 bits per heavy atom. The predicted octanol–water partition coefficient (Wildman–Crippen LogP) is 2.00. The van der Waals surface area contributed by atoms with Crippen LogP contribution in [0.15, 0.2) is 21.5 Å². The van der Waals surface area contributed by atoms with Crippen molar-refractivity contribution in [3.63, 3.8) is 0 Å². The Balaban J connectivity index is 0.00000242. The van der Waals surface area contributed by atoms with E-state index < -0.39 is 10.0 Å². The Hall–Kier alpha value is -0.540. The highest BCUT2D eigenvalue weighted by Crippen LogP contribution is 2.37. The van der Waals surface area contributed by atoms with E-state index in [1.54, 1.807) is 6.07 Å². The number of methoxy groups -OCH3 is 2. The van der Waals surface area contributed by atoms with Crippen LogP contribution in [0.1, 0.15) is 12.8 Å². The van der Waals surface area contributed by atoms with Crippen LogP contribution in [-0.2, 0) is 10.0 Å². The number of nitrogens with two attached hydrogens (primary N) is 1. The highest BCUT2D eigenvalue weighted by molar-refractivity contribution is 9.10. The zero-order valence-corrected chi connectivity index (χ0v) is 15.6. The van der Waals surface area contributed by atoms with Crippen molar-refractivity contribution in [1.29, 1.82) is 0 Å². The smallest absolute Gasteiger partial charge is 0.246 e. The summed E-state index contributed by atoms with van der Waals surface area (Å²) in [4.78, 5) is 0.112. The Kier molecular flexibility index (Phi) is 6.94. The summed E-state index contributed by atoms with van der Waals surface area (Å²) in [5, 5.41) is 0. The van der Waals surface area contributed by atoms with E-state index in [9.17, 15) is 8.42 Å². The normalized spacial score (nSPS) is 16.9. The third-order valence-corrected chi connectivity index (χ3v) is 6.09. The van der Waals surface area contributed by atoms with Gasteiger partial charge in [0, 0.05) is 25.2 Å². The molecule has 1 heterocycles. The van der Waals surface area contributed by atoms with Gasteiger partial charge in [-0.1, -0.05) is 0 Å². The maximum atomic E-state index is 12.8. The fourth-order valence-electron chi connectivity index (χ4n) is 2.29. The minimum absolute atomic E-state index is 0. The molecule has 0 amide bonds. The summed E-state index contributed by atoms with van der Waals surface area (Å²) in [5.74, 6) is 0.737. The molecule has 0 unspecified atom stereocenters. The molecule has 0 saturated carbocycles. The number of ether oxygens (including phenoxy) is 2. The summed E-state index contributed by atoms with van der Waals surface area (Å²) >= 11 is 3.32. The molecule has 1 aromatic rings. The lowest BCUT2D eigenvalue weighted by molar-refractivity contribution is 0.317. The Bertz CT molecular complexity index is 619. The van der Waals surface area contributed by atoms with Gasteiger partial charge in [-0.15, -0.1) is 12.4 Å². The zero-order chi connectivity index (χ0) is 15.6. The summed E-state index contributed by atoms with van der Waals surface area (Å²) in [6.45, 7) is 0.843. The number of hydrogen-bond donors (Lipinski definition) is 1. The van der Waals surface area contributed by atoms with Crippen LogP contribution in [-0.4, -0.2) is 46.1 Å². The summed E-state index contributed by atoms with van der Waals surface area (Å²) in [7, 11) is -0.693. The van der Waals surface area contributed by atoms with Crippen molar-refractivity contribution in [2.45, 2.75) is 23.8 Å². The van der Waals surface area contributed by atoms with Crippen LogP contribution < -0.4 is 15.2 Å². The largest absolute Gasteiger partial charge is 0.496 e. The van der Waals surface area contributed by atoms with Crippen molar-refractivity contribution in [1.82, 2.24) is 4.31 Å². The van der Waals surface area contributed by atoms with Gasteiger partial charge >= 0.3 is 0 Å². The number of sulfonamides is 1. The topological polar surface area (TPSA) is 81.9 Å². The lowest BCUT2D eigenvalue weighted by atomic mass is 10.1. The monoisotopic (exact) mass is 414 g/mol. The molecule has 1 saturated heterocycles. The molecule has 0 aromatic heterocycles. The third-order valence-electron chi connectivity index (χ3n) is 3.55. The SMILES string of the molecule is COc1cc(S(=O)(=O)N2CCC(N)CC2)c(OC)cc1Br.Cl. The molecule has 1 aliphatic rings. The van der Waals surface area contributed by atoms with Crippen molar-refractivity contribution in [3.8, 4) is 11.5 Å². The molecule has 0 radical (unpaired) electrons. The van der Waals surface area contributed by atoms with E-state index >= 15 is 0 Å². The number of hydrogen-bond acceptors (Lipinski definition) is 5. The standard InChI is InChI=1S/C13H19BrN2O4S.ClH/c1-19-11-8-13(12(20-2)7-10(11)14)21(17,18)16-5-3-9(15)4-6-16;/h7-9H,3-6,15H2,1-2H3;1H. The summed E-state index contributed by atoms with van der Waals surface area (Å²) in [6.07, 6.45) is 1.32. The number of benzene rings is 1. The van der Waals surface area contributed by atoms with Crippen LogP contribution in [0.5, 0.6) is 11.5 Å². The molecule has 22 heavy (non-hydrogen) atoms. The first-order valence-corrected chi connectivity index (χ1v) is 8.80. The molecule has 2 N–H and O–H groups in total. The van der Waals surface area contributed by atoms with Crippen molar-refractivity contribution >= 4 is 38.4 Å². The average molecular weight is 416 g/mol. The first-order valence-electron chi connectivity index (χ1n) is 6.57. The molecule has 0 aliphatic carbocycles. The molecule has 1 fully saturated rings. The van der Waals surface area contributed by atoms with E-state index in [0.717, 1.165) is 0 Å². The van der Waals surface area contributed by atoms with Gasteiger partial charge in [-0.25, -0.2) is 8.42 Å². The first-order chi connectivity index (χ1) is 9.90. The van der Waals surface area contributed by atoms with Gasteiger partial charge in [0.15, 0.2) is 0 Å².